The molecule has 6 nitrogen and oxygen atoms in total. The number of aromatic nitrogens is 1. The quantitative estimate of drug-likeness (QED) is 0.593. The fourth-order valence-electron chi connectivity index (χ4n) is 1.30. The van der Waals surface area contributed by atoms with Gasteiger partial charge in [0.25, 0.3) is 0 Å². The van der Waals surface area contributed by atoms with E-state index in [0.29, 0.717) is 46.2 Å². The summed E-state index contributed by atoms with van der Waals surface area (Å²) >= 11 is 0. The van der Waals surface area contributed by atoms with Crippen molar-refractivity contribution in [1.29, 1.82) is 0 Å². The van der Waals surface area contributed by atoms with Gasteiger partial charge in [0.2, 0.25) is 0 Å². The number of rotatable bonds is 11. The van der Waals surface area contributed by atoms with Crippen molar-refractivity contribution in [1.82, 2.24) is 4.98 Å². The van der Waals surface area contributed by atoms with Gasteiger partial charge in [0.15, 0.2) is 0 Å². The second-order valence-corrected chi connectivity index (χ2v) is 3.76. The van der Waals surface area contributed by atoms with Crippen LogP contribution >= 0.6 is 0 Å². The van der Waals surface area contributed by atoms with Gasteiger partial charge in [-0.05, 0) is 12.1 Å². The maximum Gasteiger partial charge on any atom is 0.137 e. The standard InChI is InChI=1S/C13H22N2O4/c1-16-4-5-17-6-7-18-8-9-19-13-3-2-12(10-14)15-11-13/h2-3,11H,4-10,14H2,1H3. The van der Waals surface area contributed by atoms with Crippen molar-refractivity contribution in [2.75, 3.05) is 46.8 Å². The number of hydrogen-bond acceptors (Lipinski definition) is 6. The van der Waals surface area contributed by atoms with Crippen LogP contribution < -0.4 is 10.5 Å². The molecule has 0 aliphatic rings. The van der Waals surface area contributed by atoms with Gasteiger partial charge in [0.1, 0.15) is 12.4 Å². The molecule has 0 saturated carbocycles. The molecule has 0 amide bonds. The van der Waals surface area contributed by atoms with E-state index in [0.717, 1.165) is 11.4 Å². The highest BCUT2D eigenvalue weighted by Crippen LogP contribution is 2.08. The number of hydrogen-bond donors (Lipinski definition) is 1. The fraction of sp³-hybridized carbons (Fsp3) is 0.615. The second-order valence-electron chi connectivity index (χ2n) is 3.76. The van der Waals surface area contributed by atoms with Gasteiger partial charge in [-0.2, -0.15) is 0 Å². The maximum absolute atomic E-state index is 5.46. The van der Waals surface area contributed by atoms with Crippen LogP contribution in [0.2, 0.25) is 0 Å². The minimum Gasteiger partial charge on any atom is -0.490 e. The number of ether oxygens (including phenoxy) is 4. The van der Waals surface area contributed by atoms with Crippen LogP contribution in [0.1, 0.15) is 5.69 Å². The highest BCUT2D eigenvalue weighted by Gasteiger charge is 1.96. The summed E-state index contributed by atoms with van der Waals surface area (Å²) in [5.41, 5.74) is 6.30. The topological polar surface area (TPSA) is 75.8 Å². The van der Waals surface area contributed by atoms with E-state index in [-0.39, 0.29) is 0 Å². The molecule has 19 heavy (non-hydrogen) atoms. The summed E-state index contributed by atoms with van der Waals surface area (Å²) < 4.78 is 20.9. The van der Waals surface area contributed by atoms with Crippen molar-refractivity contribution in [2.24, 2.45) is 5.73 Å². The van der Waals surface area contributed by atoms with Crippen molar-refractivity contribution in [2.45, 2.75) is 6.54 Å². The Balaban J connectivity index is 1.95. The van der Waals surface area contributed by atoms with Crippen molar-refractivity contribution < 1.29 is 18.9 Å². The zero-order valence-electron chi connectivity index (χ0n) is 11.3. The van der Waals surface area contributed by atoms with Gasteiger partial charge in [-0.15, -0.1) is 0 Å². The lowest BCUT2D eigenvalue weighted by Crippen LogP contribution is -2.12. The van der Waals surface area contributed by atoms with Crippen LogP contribution in [0.15, 0.2) is 18.3 Å². The first-order valence-electron chi connectivity index (χ1n) is 6.29. The summed E-state index contributed by atoms with van der Waals surface area (Å²) in [6, 6.07) is 3.70. The lowest BCUT2D eigenvalue weighted by molar-refractivity contribution is 0.0179. The Labute approximate surface area is 113 Å². The molecule has 0 aliphatic heterocycles. The van der Waals surface area contributed by atoms with Gasteiger partial charge in [0, 0.05) is 13.7 Å². The minimum absolute atomic E-state index is 0.437. The summed E-state index contributed by atoms with van der Waals surface area (Å²) in [7, 11) is 1.64. The molecule has 0 radical (unpaired) electrons. The minimum atomic E-state index is 0.437. The molecule has 0 bridgehead atoms. The average Bonchev–Trinajstić information content (AvgIpc) is 2.46. The highest BCUT2D eigenvalue weighted by molar-refractivity contribution is 5.19. The summed E-state index contributed by atoms with van der Waals surface area (Å²) in [5.74, 6) is 0.720. The number of pyridine rings is 1. The predicted molar refractivity (Wildman–Crippen MR) is 71.1 cm³/mol. The Morgan fingerprint density at radius 3 is 2.26 bits per heavy atom. The van der Waals surface area contributed by atoms with Crippen LogP contribution in [0, 0.1) is 0 Å². The first-order valence-corrected chi connectivity index (χ1v) is 6.29. The van der Waals surface area contributed by atoms with E-state index in [1.807, 2.05) is 12.1 Å². The third kappa shape index (κ3) is 7.74. The molecule has 6 heteroatoms. The third-order valence-corrected chi connectivity index (χ3v) is 2.31. The molecule has 0 aromatic carbocycles. The molecule has 1 aromatic heterocycles. The van der Waals surface area contributed by atoms with E-state index in [2.05, 4.69) is 4.98 Å². The first kappa shape index (κ1) is 15.8. The molecular formula is C13H22N2O4. The Morgan fingerprint density at radius 2 is 1.68 bits per heavy atom. The molecule has 1 rings (SSSR count). The van der Waals surface area contributed by atoms with E-state index >= 15 is 0 Å². The molecule has 0 fully saturated rings. The third-order valence-electron chi connectivity index (χ3n) is 2.31. The van der Waals surface area contributed by atoms with Crippen LogP contribution in [0.5, 0.6) is 5.75 Å². The van der Waals surface area contributed by atoms with E-state index in [4.69, 9.17) is 24.7 Å². The monoisotopic (exact) mass is 270 g/mol. The second kappa shape index (κ2) is 10.7. The van der Waals surface area contributed by atoms with Crippen molar-refractivity contribution in [3.8, 4) is 5.75 Å². The fourth-order valence-corrected chi connectivity index (χ4v) is 1.30. The molecule has 0 unspecified atom stereocenters. The van der Waals surface area contributed by atoms with Gasteiger partial charge >= 0.3 is 0 Å². The zero-order chi connectivity index (χ0) is 13.8. The van der Waals surface area contributed by atoms with Gasteiger partial charge < -0.3 is 24.7 Å². The Kier molecular flexibility index (Phi) is 8.91. The Morgan fingerprint density at radius 1 is 1.00 bits per heavy atom. The molecule has 1 aromatic rings. The summed E-state index contributed by atoms with van der Waals surface area (Å²) in [6.45, 7) is 3.76. The van der Waals surface area contributed by atoms with Crippen LogP contribution in [-0.2, 0) is 20.8 Å². The van der Waals surface area contributed by atoms with E-state index in [1.165, 1.54) is 0 Å². The van der Waals surface area contributed by atoms with Crippen molar-refractivity contribution in [3.63, 3.8) is 0 Å². The zero-order valence-corrected chi connectivity index (χ0v) is 11.3. The molecule has 0 aliphatic carbocycles. The lowest BCUT2D eigenvalue weighted by atomic mass is 10.3. The predicted octanol–water partition coefficient (Wildman–Crippen LogP) is 0.599. The molecular weight excluding hydrogens is 248 g/mol. The largest absolute Gasteiger partial charge is 0.490 e. The van der Waals surface area contributed by atoms with E-state index < -0.39 is 0 Å². The lowest BCUT2D eigenvalue weighted by Gasteiger charge is -2.07. The SMILES string of the molecule is COCCOCCOCCOc1ccc(CN)nc1. The van der Waals surface area contributed by atoms with Crippen LogP contribution in [0.4, 0.5) is 0 Å². The van der Waals surface area contributed by atoms with Crippen molar-refractivity contribution in [3.05, 3.63) is 24.0 Å². The van der Waals surface area contributed by atoms with E-state index in [9.17, 15) is 0 Å². The summed E-state index contributed by atoms with van der Waals surface area (Å²) in [4.78, 5) is 4.13. The molecule has 0 saturated heterocycles. The first-order chi connectivity index (χ1) is 9.36. The van der Waals surface area contributed by atoms with Crippen LogP contribution in [-0.4, -0.2) is 51.7 Å². The molecule has 1 heterocycles. The Bertz CT molecular complexity index is 319. The summed E-state index contributed by atoms with van der Waals surface area (Å²) in [6.07, 6.45) is 1.66. The van der Waals surface area contributed by atoms with Crippen molar-refractivity contribution >= 4 is 0 Å². The maximum atomic E-state index is 5.46. The molecule has 0 atom stereocenters. The van der Waals surface area contributed by atoms with Gasteiger partial charge in [-0.25, -0.2) is 0 Å². The number of methoxy groups -OCH3 is 1. The van der Waals surface area contributed by atoms with Gasteiger partial charge in [0.05, 0.1) is 44.9 Å². The van der Waals surface area contributed by atoms with Crippen LogP contribution in [0.25, 0.3) is 0 Å². The summed E-state index contributed by atoms with van der Waals surface area (Å²) in [5, 5.41) is 0. The average molecular weight is 270 g/mol. The normalized spacial score (nSPS) is 10.6. The smallest absolute Gasteiger partial charge is 0.137 e. The van der Waals surface area contributed by atoms with Gasteiger partial charge in [-0.1, -0.05) is 0 Å². The number of nitrogens with zero attached hydrogens (tertiary/aromatic N) is 1. The number of nitrogens with two attached hydrogens (primary N) is 1. The molecule has 2 N–H and O–H groups in total. The molecule has 0 spiro atoms. The Hall–Kier alpha value is -1.21. The van der Waals surface area contributed by atoms with E-state index in [1.54, 1.807) is 13.3 Å². The molecule has 108 valence electrons. The van der Waals surface area contributed by atoms with Crippen LogP contribution in [0.3, 0.4) is 0 Å². The van der Waals surface area contributed by atoms with Gasteiger partial charge in [-0.3, -0.25) is 4.98 Å². The highest BCUT2D eigenvalue weighted by atomic mass is 16.6.